The highest BCUT2D eigenvalue weighted by atomic mass is 32.2. The molecule has 0 aliphatic heterocycles. The van der Waals surface area contributed by atoms with E-state index in [4.69, 9.17) is 30.7 Å². The Labute approximate surface area is 129 Å². The molecule has 0 heterocycles. The number of carbonyl (C=O) groups is 1. The van der Waals surface area contributed by atoms with E-state index in [1.807, 2.05) is 0 Å². The van der Waals surface area contributed by atoms with Gasteiger partial charge in [-0.05, 0) is 51.7 Å². The molecule has 20 heavy (non-hydrogen) atoms. The summed E-state index contributed by atoms with van der Waals surface area (Å²) in [6.45, 7) is 7.57. The molecule has 1 atom stereocenters. The van der Waals surface area contributed by atoms with Gasteiger partial charge in [0.1, 0.15) is 0 Å². The van der Waals surface area contributed by atoms with Crippen molar-refractivity contribution in [1.29, 1.82) is 0 Å². The lowest BCUT2D eigenvalue weighted by Crippen LogP contribution is -2.24. The molecule has 0 aromatic heterocycles. The fourth-order valence-corrected chi connectivity index (χ4v) is 4.95. The largest absolute Gasteiger partial charge is 0.479 e. The Morgan fingerprint density at radius 3 is 1.95 bits per heavy atom. The van der Waals surface area contributed by atoms with Crippen LogP contribution in [0.25, 0.3) is 0 Å². The first-order valence-corrected chi connectivity index (χ1v) is 9.23. The van der Waals surface area contributed by atoms with Crippen LogP contribution in [0.4, 0.5) is 0 Å². The van der Waals surface area contributed by atoms with Crippen LogP contribution in [-0.2, 0) is 27.9 Å². The van der Waals surface area contributed by atoms with Gasteiger partial charge in [0.05, 0.1) is 26.4 Å². The lowest BCUT2D eigenvalue weighted by Gasteiger charge is -2.24. The Balaban J connectivity index is 5.19. The molecule has 0 aliphatic rings. The van der Waals surface area contributed by atoms with Gasteiger partial charge < -0.3 is 18.5 Å². The van der Waals surface area contributed by atoms with Crippen LogP contribution in [0.5, 0.6) is 0 Å². The quantitative estimate of drug-likeness (QED) is 0.359. The van der Waals surface area contributed by atoms with Crippen LogP contribution in [0, 0.1) is 0 Å². The van der Waals surface area contributed by atoms with E-state index < -0.39 is 18.6 Å². The van der Waals surface area contributed by atoms with Crippen LogP contribution in [0.15, 0.2) is 0 Å². The standard InChI is InChI=1S/C11H21O6PS2/c1-5-14-9(12)10(20-11(19)15-6-2)18(13,16-7-3)17-8-4/h10H,5-8H2,1-4H3. The first-order chi connectivity index (χ1) is 9.45. The van der Waals surface area contributed by atoms with E-state index in [2.05, 4.69) is 0 Å². The molecule has 0 spiro atoms. The minimum absolute atomic E-state index is 0.102. The van der Waals surface area contributed by atoms with Crippen LogP contribution in [-0.4, -0.2) is 41.8 Å². The second kappa shape index (κ2) is 10.6. The van der Waals surface area contributed by atoms with E-state index in [1.165, 1.54) is 0 Å². The molecule has 9 heteroatoms. The molecule has 0 fully saturated rings. The fraction of sp³-hybridized carbons (Fsp3) is 0.818. The highest BCUT2D eigenvalue weighted by Crippen LogP contribution is 2.57. The van der Waals surface area contributed by atoms with Gasteiger partial charge in [0, 0.05) is 0 Å². The van der Waals surface area contributed by atoms with Crippen molar-refractivity contribution >= 4 is 41.9 Å². The smallest absolute Gasteiger partial charge is 0.355 e. The normalized spacial score (nSPS) is 12.8. The van der Waals surface area contributed by atoms with Crippen molar-refractivity contribution in [3.8, 4) is 0 Å². The molecular formula is C11H21O6PS2. The van der Waals surface area contributed by atoms with Crippen molar-refractivity contribution in [3.63, 3.8) is 0 Å². The lowest BCUT2D eigenvalue weighted by atomic mass is 10.7. The van der Waals surface area contributed by atoms with Crippen molar-refractivity contribution in [2.45, 2.75) is 32.7 Å². The van der Waals surface area contributed by atoms with Crippen molar-refractivity contribution < 1.29 is 27.9 Å². The summed E-state index contributed by atoms with van der Waals surface area (Å²) in [5.41, 5.74) is 0. The second-order valence-corrected chi connectivity index (χ2v) is 7.45. The topological polar surface area (TPSA) is 71.1 Å². The molecule has 0 saturated carbocycles. The first-order valence-electron chi connectivity index (χ1n) is 6.33. The van der Waals surface area contributed by atoms with Crippen molar-refractivity contribution in [2.24, 2.45) is 0 Å². The molecule has 0 saturated heterocycles. The van der Waals surface area contributed by atoms with Crippen molar-refractivity contribution in [3.05, 3.63) is 0 Å². The number of hydrogen-bond acceptors (Lipinski definition) is 8. The Hall–Kier alpha value is -0.140. The maximum atomic E-state index is 12.7. The maximum Gasteiger partial charge on any atom is 0.355 e. The molecule has 0 aromatic carbocycles. The van der Waals surface area contributed by atoms with E-state index in [0.717, 1.165) is 11.8 Å². The average molecular weight is 344 g/mol. The van der Waals surface area contributed by atoms with Crippen LogP contribution < -0.4 is 0 Å². The van der Waals surface area contributed by atoms with Crippen LogP contribution in [0.2, 0.25) is 0 Å². The lowest BCUT2D eigenvalue weighted by molar-refractivity contribution is -0.141. The predicted molar refractivity (Wildman–Crippen MR) is 83.1 cm³/mol. The predicted octanol–water partition coefficient (Wildman–Crippen LogP) is 3.20. The van der Waals surface area contributed by atoms with Gasteiger partial charge in [-0.1, -0.05) is 0 Å². The minimum Gasteiger partial charge on any atom is -0.479 e. The summed E-state index contributed by atoms with van der Waals surface area (Å²) in [6, 6.07) is 0. The Bertz CT molecular complexity index is 353. The molecule has 0 rings (SSSR count). The summed E-state index contributed by atoms with van der Waals surface area (Å²) < 4.78 is 33.2. The number of carbonyl (C=O) groups excluding carboxylic acids is 1. The minimum atomic E-state index is -3.67. The number of thioether (sulfide) groups is 1. The van der Waals surface area contributed by atoms with Gasteiger partial charge in [0.2, 0.25) is 9.37 Å². The zero-order valence-corrected chi connectivity index (χ0v) is 14.6. The Morgan fingerprint density at radius 2 is 1.55 bits per heavy atom. The average Bonchev–Trinajstić information content (AvgIpc) is 2.37. The SMILES string of the molecule is CCOC(=O)C(SC(=S)OCC)P(=O)(OCC)OCC. The van der Waals surface area contributed by atoms with Crippen LogP contribution in [0.3, 0.4) is 0 Å². The first kappa shape index (κ1) is 19.9. The maximum absolute atomic E-state index is 12.7. The van der Waals surface area contributed by atoms with Gasteiger partial charge in [-0.25, -0.2) is 0 Å². The number of ether oxygens (including phenoxy) is 2. The van der Waals surface area contributed by atoms with Crippen molar-refractivity contribution in [2.75, 3.05) is 26.4 Å². The van der Waals surface area contributed by atoms with Gasteiger partial charge in [0.15, 0.2) is 0 Å². The molecule has 1 unspecified atom stereocenters. The van der Waals surface area contributed by atoms with E-state index in [0.29, 0.717) is 6.61 Å². The number of esters is 1. The third-order valence-corrected chi connectivity index (χ3v) is 6.11. The molecule has 6 nitrogen and oxygen atoms in total. The Morgan fingerprint density at radius 1 is 1.05 bits per heavy atom. The summed E-state index contributed by atoms with van der Waals surface area (Å²) in [4.78, 5) is 10.8. The molecule has 0 aliphatic carbocycles. The van der Waals surface area contributed by atoms with E-state index in [9.17, 15) is 9.36 Å². The van der Waals surface area contributed by atoms with Crippen LogP contribution >= 0.6 is 31.6 Å². The highest BCUT2D eigenvalue weighted by Gasteiger charge is 2.44. The van der Waals surface area contributed by atoms with Crippen molar-refractivity contribution in [1.82, 2.24) is 0 Å². The zero-order valence-electron chi connectivity index (χ0n) is 12.1. The molecule has 0 radical (unpaired) electrons. The summed E-state index contributed by atoms with van der Waals surface area (Å²) >= 11 is 5.80. The van der Waals surface area contributed by atoms with Crippen LogP contribution in [0.1, 0.15) is 27.7 Å². The summed E-state index contributed by atoms with van der Waals surface area (Å²) in [6.07, 6.45) is 0. The number of rotatable bonds is 9. The monoisotopic (exact) mass is 344 g/mol. The summed E-state index contributed by atoms with van der Waals surface area (Å²) in [5, 5.41) is 0. The third kappa shape index (κ3) is 6.54. The molecule has 0 aromatic rings. The van der Waals surface area contributed by atoms with E-state index in [-0.39, 0.29) is 24.2 Å². The highest BCUT2D eigenvalue weighted by molar-refractivity contribution is 8.26. The van der Waals surface area contributed by atoms with E-state index >= 15 is 0 Å². The molecule has 118 valence electrons. The molecule has 0 amide bonds. The van der Waals surface area contributed by atoms with Gasteiger partial charge in [-0.3, -0.25) is 9.36 Å². The van der Waals surface area contributed by atoms with Gasteiger partial charge in [-0.15, -0.1) is 0 Å². The fourth-order valence-electron chi connectivity index (χ4n) is 1.23. The number of thiocarbonyl (C=S) groups is 1. The summed E-state index contributed by atoms with van der Waals surface area (Å²) in [5.74, 6) is -0.690. The second-order valence-electron chi connectivity index (χ2n) is 3.28. The van der Waals surface area contributed by atoms with E-state index in [1.54, 1.807) is 27.7 Å². The molecular weight excluding hydrogens is 323 g/mol. The van der Waals surface area contributed by atoms with Gasteiger partial charge in [-0.2, -0.15) is 0 Å². The number of hydrogen-bond donors (Lipinski definition) is 0. The Kier molecular flexibility index (Phi) is 10.5. The van der Waals surface area contributed by atoms with Gasteiger partial charge in [0.25, 0.3) is 0 Å². The molecule has 0 N–H and O–H groups in total. The zero-order chi connectivity index (χ0) is 15.6. The third-order valence-electron chi connectivity index (χ3n) is 1.86. The van der Waals surface area contributed by atoms with Gasteiger partial charge >= 0.3 is 13.6 Å². The molecule has 0 bridgehead atoms. The summed E-state index contributed by atoms with van der Waals surface area (Å²) in [7, 11) is -3.67.